The van der Waals surface area contributed by atoms with Crippen LogP contribution >= 0.6 is 0 Å². The van der Waals surface area contributed by atoms with Crippen molar-refractivity contribution in [3.8, 4) is 5.75 Å². The van der Waals surface area contributed by atoms with E-state index in [2.05, 4.69) is 30.2 Å². The Morgan fingerprint density at radius 1 is 1.09 bits per heavy atom. The van der Waals surface area contributed by atoms with E-state index in [4.69, 9.17) is 0 Å². The van der Waals surface area contributed by atoms with Gasteiger partial charge in [0.25, 0.3) is 0 Å². The Morgan fingerprint density at radius 3 is 2.49 bits per heavy atom. The van der Waals surface area contributed by atoms with E-state index in [9.17, 15) is 28.1 Å². The summed E-state index contributed by atoms with van der Waals surface area (Å²) in [5, 5.41) is 18.1. The van der Waals surface area contributed by atoms with E-state index in [-0.39, 0.29) is 53.2 Å². The van der Waals surface area contributed by atoms with E-state index >= 15 is 0 Å². The lowest BCUT2D eigenvalue weighted by Gasteiger charge is -2.37. The molecular weight excluding hydrogens is 591 g/mol. The number of amides is 1. The van der Waals surface area contributed by atoms with Crippen LogP contribution in [0.5, 0.6) is 5.75 Å². The van der Waals surface area contributed by atoms with Gasteiger partial charge < -0.3 is 20.3 Å². The van der Waals surface area contributed by atoms with Gasteiger partial charge in [0, 0.05) is 56.4 Å². The standard InChI is InChI=1S/C31H36F3N7O4/c1-21(42)37-24-15-16-39(20-24)25-13-11-22(12-14-25)19-40(26-8-3-2-4-9-26)29-27(41(43)44)18-36-30(38-29)35-17-23-7-5-6-10-28(23)45-31(32,33)34/h2-10,18,22,24-25H,11-17,19-20H2,1H3,(H,37,42)(H,35,36,38). The molecule has 0 spiro atoms. The van der Waals surface area contributed by atoms with Crippen molar-refractivity contribution in [2.75, 3.05) is 29.9 Å². The number of nitro groups is 1. The molecule has 1 aliphatic heterocycles. The Balaban J connectivity index is 1.33. The maximum absolute atomic E-state index is 12.9. The predicted molar refractivity (Wildman–Crippen MR) is 162 cm³/mol. The second-order valence-electron chi connectivity index (χ2n) is 11.5. The number of likely N-dealkylation sites (tertiary alicyclic amines) is 1. The molecule has 1 aromatic heterocycles. The van der Waals surface area contributed by atoms with Gasteiger partial charge >= 0.3 is 12.0 Å². The Morgan fingerprint density at radius 2 is 1.80 bits per heavy atom. The summed E-state index contributed by atoms with van der Waals surface area (Å²) in [6.07, 6.45) is 1.03. The van der Waals surface area contributed by atoms with Crippen LogP contribution in [0.4, 0.5) is 36.3 Å². The normalized spacial score (nSPS) is 20.4. The molecule has 5 rings (SSSR count). The van der Waals surface area contributed by atoms with Crippen molar-refractivity contribution >= 4 is 29.0 Å². The molecule has 240 valence electrons. The van der Waals surface area contributed by atoms with Crippen LogP contribution in [-0.4, -0.2) is 63.8 Å². The maximum Gasteiger partial charge on any atom is 0.573 e. The van der Waals surface area contributed by atoms with Crippen LogP contribution in [-0.2, 0) is 11.3 Å². The van der Waals surface area contributed by atoms with Crippen molar-refractivity contribution in [3.63, 3.8) is 0 Å². The number of hydrogen-bond donors (Lipinski definition) is 2. The smallest absolute Gasteiger partial charge is 0.405 e. The largest absolute Gasteiger partial charge is 0.573 e. The summed E-state index contributed by atoms with van der Waals surface area (Å²) in [6, 6.07) is 15.6. The zero-order valence-electron chi connectivity index (χ0n) is 24.9. The first-order valence-electron chi connectivity index (χ1n) is 15.0. The molecule has 1 saturated carbocycles. The summed E-state index contributed by atoms with van der Waals surface area (Å²) in [6.45, 7) is 3.73. The van der Waals surface area contributed by atoms with Crippen LogP contribution in [0.25, 0.3) is 0 Å². The summed E-state index contributed by atoms with van der Waals surface area (Å²) < 4.78 is 42.9. The molecule has 2 aliphatic rings. The third kappa shape index (κ3) is 8.59. The van der Waals surface area contributed by atoms with E-state index < -0.39 is 11.3 Å². The first-order valence-corrected chi connectivity index (χ1v) is 15.0. The number of benzene rings is 2. The van der Waals surface area contributed by atoms with Gasteiger partial charge in [0.2, 0.25) is 17.7 Å². The fourth-order valence-corrected chi connectivity index (χ4v) is 6.22. The SMILES string of the molecule is CC(=O)NC1CCN(C2CCC(CN(c3ccccc3)c3nc(NCc4ccccc4OC(F)(F)F)ncc3[N+](=O)[O-])CC2)C1. The van der Waals surface area contributed by atoms with Crippen molar-refractivity contribution in [2.24, 2.45) is 5.92 Å². The molecule has 1 saturated heterocycles. The van der Waals surface area contributed by atoms with Crippen molar-refractivity contribution in [1.82, 2.24) is 20.2 Å². The van der Waals surface area contributed by atoms with Gasteiger partial charge in [-0.3, -0.25) is 19.8 Å². The first-order chi connectivity index (χ1) is 21.6. The van der Waals surface area contributed by atoms with Crippen molar-refractivity contribution in [1.29, 1.82) is 0 Å². The highest BCUT2D eigenvalue weighted by Gasteiger charge is 2.34. The van der Waals surface area contributed by atoms with E-state index in [1.807, 2.05) is 35.2 Å². The van der Waals surface area contributed by atoms with Crippen molar-refractivity contribution in [3.05, 3.63) is 76.5 Å². The molecule has 2 aromatic carbocycles. The number of anilines is 3. The number of ether oxygens (including phenoxy) is 1. The lowest BCUT2D eigenvalue weighted by Crippen LogP contribution is -2.41. The number of carbonyl (C=O) groups excluding carboxylic acids is 1. The first kappa shape index (κ1) is 31.9. The second kappa shape index (κ2) is 14.1. The van der Waals surface area contributed by atoms with Gasteiger partial charge in [-0.05, 0) is 56.2 Å². The van der Waals surface area contributed by atoms with E-state index in [1.165, 1.54) is 18.2 Å². The third-order valence-corrected chi connectivity index (χ3v) is 8.31. The topological polar surface area (TPSA) is 126 Å². The average molecular weight is 628 g/mol. The molecule has 14 heteroatoms. The average Bonchev–Trinajstić information content (AvgIpc) is 3.47. The van der Waals surface area contributed by atoms with Gasteiger partial charge in [0.15, 0.2) is 0 Å². The molecule has 11 nitrogen and oxygen atoms in total. The van der Waals surface area contributed by atoms with Gasteiger partial charge in [-0.1, -0.05) is 36.4 Å². The van der Waals surface area contributed by atoms with Crippen molar-refractivity contribution in [2.45, 2.75) is 64.0 Å². The number of nitrogens with zero attached hydrogens (tertiary/aromatic N) is 5. The molecule has 2 fully saturated rings. The number of para-hydroxylation sites is 2. The second-order valence-corrected chi connectivity index (χ2v) is 11.5. The minimum Gasteiger partial charge on any atom is -0.405 e. The molecule has 1 atom stereocenters. The Bertz CT molecular complexity index is 1470. The zero-order chi connectivity index (χ0) is 32.0. The third-order valence-electron chi connectivity index (χ3n) is 8.31. The molecule has 1 aliphatic carbocycles. The molecule has 0 bridgehead atoms. The van der Waals surface area contributed by atoms with Gasteiger partial charge in [-0.25, -0.2) is 4.98 Å². The predicted octanol–water partition coefficient (Wildman–Crippen LogP) is 5.80. The molecule has 1 amide bonds. The molecular formula is C31H36F3N7O4. The van der Waals surface area contributed by atoms with Crippen molar-refractivity contribution < 1.29 is 27.6 Å². The summed E-state index contributed by atoms with van der Waals surface area (Å²) in [7, 11) is 0. The highest BCUT2D eigenvalue weighted by molar-refractivity contribution is 5.73. The van der Waals surface area contributed by atoms with E-state index in [1.54, 1.807) is 13.0 Å². The van der Waals surface area contributed by atoms with Crippen LogP contribution in [0.2, 0.25) is 0 Å². The zero-order valence-corrected chi connectivity index (χ0v) is 24.9. The molecule has 3 aromatic rings. The molecule has 45 heavy (non-hydrogen) atoms. The molecule has 2 heterocycles. The molecule has 1 unspecified atom stereocenters. The highest BCUT2D eigenvalue weighted by Crippen LogP contribution is 2.37. The lowest BCUT2D eigenvalue weighted by atomic mass is 9.85. The van der Waals surface area contributed by atoms with Gasteiger partial charge in [0.05, 0.1) is 4.92 Å². The van der Waals surface area contributed by atoms with E-state index in [0.717, 1.165) is 57.1 Å². The summed E-state index contributed by atoms with van der Waals surface area (Å²) >= 11 is 0. The van der Waals surface area contributed by atoms with E-state index in [0.29, 0.717) is 12.6 Å². The number of nitrogens with one attached hydrogen (secondary N) is 2. The molecule has 0 radical (unpaired) electrons. The minimum absolute atomic E-state index is 0.0102. The maximum atomic E-state index is 12.9. The number of alkyl halides is 3. The van der Waals surface area contributed by atoms with Crippen LogP contribution in [0.3, 0.4) is 0 Å². The van der Waals surface area contributed by atoms with Gasteiger partial charge in [0.1, 0.15) is 11.9 Å². The number of rotatable bonds is 11. The fraction of sp³-hybridized carbons (Fsp3) is 0.452. The minimum atomic E-state index is -4.86. The number of aromatic nitrogens is 2. The number of halogens is 3. The number of hydrogen-bond acceptors (Lipinski definition) is 9. The fourth-order valence-electron chi connectivity index (χ4n) is 6.22. The van der Waals surface area contributed by atoms with Crippen LogP contribution in [0.15, 0.2) is 60.8 Å². The van der Waals surface area contributed by atoms with Gasteiger partial charge in [-0.15, -0.1) is 13.2 Å². The number of carbonyl (C=O) groups is 1. The lowest BCUT2D eigenvalue weighted by molar-refractivity contribution is -0.384. The summed E-state index contributed by atoms with van der Waals surface area (Å²) in [5.41, 5.74) is 0.672. The quantitative estimate of drug-likeness (QED) is 0.200. The summed E-state index contributed by atoms with van der Waals surface area (Å²) in [5.74, 6) is 0.00506. The van der Waals surface area contributed by atoms with Crippen LogP contribution in [0.1, 0.15) is 44.6 Å². The monoisotopic (exact) mass is 627 g/mol. The summed E-state index contributed by atoms with van der Waals surface area (Å²) in [4.78, 5) is 36.0. The Hall–Kier alpha value is -4.46. The van der Waals surface area contributed by atoms with Gasteiger partial charge in [-0.2, -0.15) is 4.98 Å². The highest BCUT2D eigenvalue weighted by atomic mass is 19.4. The Kier molecular flexibility index (Phi) is 10.0. The Labute approximate surface area is 258 Å². The van der Waals surface area contributed by atoms with Crippen LogP contribution in [0, 0.1) is 16.0 Å². The molecule has 2 N–H and O–H groups in total. The van der Waals surface area contributed by atoms with Crippen LogP contribution < -0.4 is 20.3 Å².